The lowest BCUT2D eigenvalue weighted by molar-refractivity contribution is -0.140. The Hall–Kier alpha value is -2.49. The van der Waals surface area contributed by atoms with Crippen LogP contribution in [0.4, 0.5) is 17.6 Å². The number of aromatic nitrogens is 3. The minimum atomic E-state index is -4.78. The van der Waals surface area contributed by atoms with Gasteiger partial charge in [-0.25, -0.2) is 9.07 Å². The second-order valence-electron chi connectivity index (χ2n) is 5.73. The second-order valence-corrected chi connectivity index (χ2v) is 5.73. The smallest absolute Gasteiger partial charge is 0.381 e. The van der Waals surface area contributed by atoms with E-state index in [1.165, 1.54) is 16.9 Å². The summed E-state index contributed by atoms with van der Waals surface area (Å²) in [6.45, 7) is 1.58. The Kier molecular flexibility index (Phi) is 4.71. The average Bonchev–Trinajstić information content (AvgIpc) is 2.95. The van der Waals surface area contributed by atoms with Crippen molar-refractivity contribution in [2.75, 3.05) is 19.8 Å². The fourth-order valence-corrected chi connectivity index (χ4v) is 2.28. The molecule has 0 saturated carbocycles. The molecule has 0 aliphatic carbocycles. The minimum Gasteiger partial charge on any atom is -0.381 e. The summed E-state index contributed by atoms with van der Waals surface area (Å²) >= 11 is 0. The molecule has 0 unspecified atom stereocenters. The lowest BCUT2D eigenvalue weighted by atomic mass is 10.1. The zero-order chi connectivity index (χ0) is 18.0. The van der Waals surface area contributed by atoms with Gasteiger partial charge in [0.2, 0.25) is 0 Å². The quantitative estimate of drug-likeness (QED) is 0.829. The Morgan fingerprint density at radius 2 is 2.12 bits per heavy atom. The number of carbonyl (C=O) groups is 1. The first-order chi connectivity index (χ1) is 11.8. The number of rotatable bonds is 5. The molecule has 10 heteroatoms. The van der Waals surface area contributed by atoms with Crippen LogP contribution in [0, 0.1) is 11.7 Å². The second kappa shape index (κ2) is 6.79. The Morgan fingerprint density at radius 1 is 1.36 bits per heavy atom. The lowest BCUT2D eigenvalue weighted by Gasteiger charge is -2.25. The van der Waals surface area contributed by atoms with Crippen molar-refractivity contribution in [1.82, 2.24) is 20.3 Å². The summed E-state index contributed by atoms with van der Waals surface area (Å²) in [4.78, 5) is 11.9. The first kappa shape index (κ1) is 17.3. The number of halogens is 4. The molecular weight excluding hydrogens is 344 g/mol. The van der Waals surface area contributed by atoms with E-state index in [4.69, 9.17) is 4.74 Å². The van der Waals surface area contributed by atoms with Crippen LogP contribution in [0.3, 0.4) is 0 Å². The lowest BCUT2D eigenvalue weighted by Crippen LogP contribution is -2.39. The van der Waals surface area contributed by atoms with Crippen LogP contribution < -0.4 is 5.32 Å². The van der Waals surface area contributed by atoms with Crippen LogP contribution in [0.5, 0.6) is 0 Å². The molecule has 0 atom stereocenters. The van der Waals surface area contributed by atoms with E-state index in [9.17, 15) is 22.4 Å². The third-order valence-electron chi connectivity index (χ3n) is 3.71. The van der Waals surface area contributed by atoms with E-state index in [1.54, 1.807) is 0 Å². The van der Waals surface area contributed by atoms with E-state index in [0.717, 1.165) is 6.07 Å². The first-order valence-corrected chi connectivity index (χ1v) is 7.44. The maximum atomic E-state index is 13.3. The highest BCUT2D eigenvalue weighted by Crippen LogP contribution is 2.32. The number of nitrogens with one attached hydrogen (secondary N) is 1. The standard InChI is InChI=1S/C15H14F4N4O2/c16-12-2-1-9(3-11(12)15(17,18)19)5-23-6-13(21-22-23)14(24)20-4-10-7-25-8-10/h1-3,6,10H,4-5,7-8H2,(H,20,24). The number of hydrogen-bond acceptors (Lipinski definition) is 4. The molecule has 0 bridgehead atoms. The number of nitrogens with zero attached hydrogens (tertiary/aromatic N) is 3. The van der Waals surface area contributed by atoms with Gasteiger partial charge in [0.15, 0.2) is 5.69 Å². The van der Waals surface area contributed by atoms with Crippen molar-refractivity contribution in [3.8, 4) is 0 Å². The monoisotopic (exact) mass is 358 g/mol. The van der Waals surface area contributed by atoms with Crippen molar-refractivity contribution in [2.45, 2.75) is 12.7 Å². The summed E-state index contributed by atoms with van der Waals surface area (Å²) in [6.07, 6.45) is -3.46. The Morgan fingerprint density at radius 3 is 2.76 bits per heavy atom. The minimum absolute atomic E-state index is 0.0541. The molecule has 0 spiro atoms. The molecule has 1 aromatic heterocycles. The van der Waals surface area contributed by atoms with Crippen LogP contribution in [0.1, 0.15) is 21.6 Å². The fourth-order valence-electron chi connectivity index (χ4n) is 2.28. The number of ether oxygens (including phenoxy) is 1. The van der Waals surface area contributed by atoms with Crippen molar-refractivity contribution in [3.05, 3.63) is 47.0 Å². The van der Waals surface area contributed by atoms with Gasteiger partial charge in [0, 0.05) is 12.5 Å². The van der Waals surface area contributed by atoms with Crippen molar-refractivity contribution < 1.29 is 27.1 Å². The van der Waals surface area contributed by atoms with Gasteiger partial charge in [-0.05, 0) is 17.7 Å². The van der Waals surface area contributed by atoms with Crippen LogP contribution in [-0.2, 0) is 17.5 Å². The van der Waals surface area contributed by atoms with Gasteiger partial charge in [-0.15, -0.1) is 5.10 Å². The molecule has 1 aliphatic heterocycles. The largest absolute Gasteiger partial charge is 0.419 e. The van der Waals surface area contributed by atoms with Crippen molar-refractivity contribution in [3.63, 3.8) is 0 Å². The molecule has 1 saturated heterocycles. The molecule has 1 aliphatic rings. The molecule has 134 valence electrons. The van der Waals surface area contributed by atoms with Gasteiger partial charge in [-0.1, -0.05) is 11.3 Å². The molecule has 1 N–H and O–H groups in total. The van der Waals surface area contributed by atoms with E-state index in [1.807, 2.05) is 0 Å². The molecule has 6 nitrogen and oxygen atoms in total. The van der Waals surface area contributed by atoms with Crippen LogP contribution in [0.15, 0.2) is 24.4 Å². The van der Waals surface area contributed by atoms with Crippen LogP contribution in [0.25, 0.3) is 0 Å². The molecule has 1 fully saturated rings. The van der Waals surface area contributed by atoms with E-state index in [-0.39, 0.29) is 23.7 Å². The molecule has 1 aromatic carbocycles. The summed E-state index contributed by atoms with van der Waals surface area (Å²) < 4.78 is 57.7. The van der Waals surface area contributed by atoms with Gasteiger partial charge in [0.05, 0.1) is 31.5 Å². The van der Waals surface area contributed by atoms with Crippen molar-refractivity contribution in [2.24, 2.45) is 5.92 Å². The third-order valence-corrected chi connectivity index (χ3v) is 3.71. The molecule has 25 heavy (non-hydrogen) atoms. The Bertz CT molecular complexity index is 771. The van der Waals surface area contributed by atoms with Gasteiger partial charge >= 0.3 is 6.18 Å². The Labute approximate surface area is 139 Å². The highest BCUT2D eigenvalue weighted by atomic mass is 19.4. The Balaban J connectivity index is 1.65. The van der Waals surface area contributed by atoms with E-state index in [0.29, 0.717) is 25.8 Å². The number of hydrogen-bond donors (Lipinski definition) is 1. The molecule has 2 aromatic rings. The zero-order valence-electron chi connectivity index (χ0n) is 12.9. The predicted octanol–water partition coefficient (Wildman–Crippen LogP) is 1.86. The topological polar surface area (TPSA) is 69.0 Å². The summed E-state index contributed by atoms with van der Waals surface area (Å²) in [5.74, 6) is -1.48. The number of amides is 1. The maximum absolute atomic E-state index is 13.3. The van der Waals surface area contributed by atoms with Gasteiger partial charge in [-0.3, -0.25) is 4.79 Å². The van der Waals surface area contributed by atoms with E-state index < -0.39 is 23.5 Å². The highest BCUT2D eigenvalue weighted by molar-refractivity contribution is 5.91. The van der Waals surface area contributed by atoms with Gasteiger partial charge in [-0.2, -0.15) is 13.2 Å². The fraction of sp³-hybridized carbons (Fsp3) is 0.400. The summed E-state index contributed by atoms with van der Waals surface area (Å²) in [5, 5.41) is 10.1. The summed E-state index contributed by atoms with van der Waals surface area (Å²) in [5.41, 5.74) is -1.10. The van der Waals surface area contributed by atoms with Crippen LogP contribution >= 0.6 is 0 Å². The van der Waals surface area contributed by atoms with E-state index >= 15 is 0 Å². The SMILES string of the molecule is O=C(NCC1COC1)c1cn(Cc2ccc(F)c(C(F)(F)F)c2)nn1. The van der Waals surface area contributed by atoms with Crippen LogP contribution in [-0.4, -0.2) is 40.7 Å². The van der Waals surface area contributed by atoms with Crippen LogP contribution in [0.2, 0.25) is 0 Å². The number of alkyl halides is 3. The average molecular weight is 358 g/mol. The van der Waals surface area contributed by atoms with E-state index in [2.05, 4.69) is 15.6 Å². The number of carbonyl (C=O) groups excluding carboxylic acids is 1. The molecule has 0 radical (unpaired) electrons. The zero-order valence-corrected chi connectivity index (χ0v) is 12.9. The highest BCUT2D eigenvalue weighted by Gasteiger charge is 2.34. The predicted molar refractivity (Wildman–Crippen MR) is 77.2 cm³/mol. The summed E-state index contributed by atoms with van der Waals surface area (Å²) in [7, 11) is 0. The normalized spacial score (nSPS) is 15.0. The molecule has 3 rings (SSSR count). The maximum Gasteiger partial charge on any atom is 0.419 e. The van der Waals surface area contributed by atoms with Gasteiger partial charge in [0.25, 0.3) is 5.91 Å². The van der Waals surface area contributed by atoms with Crippen molar-refractivity contribution >= 4 is 5.91 Å². The molecular formula is C15H14F4N4O2. The van der Waals surface area contributed by atoms with Crippen molar-refractivity contribution in [1.29, 1.82) is 0 Å². The van der Waals surface area contributed by atoms with Gasteiger partial charge < -0.3 is 10.1 Å². The molecule has 1 amide bonds. The van der Waals surface area contributed by atoms with Gasteiger partial charge in [0.1, 0.15) is 5.82 Å². The molecule has 2 heterocycles. The first-order valence-electron chi connectivity index (χ1n) is 7.44. The number of benzene rings is 1. The third kappa shape index (κ3) is 4.13. The summed E-state index contributed by atoms with van der Waals surface area (Å²) in [6, 6.07) is 2.69.